The number of thiocarbonyl (C=S) groups is 1. The number of allylic oxidation sites excluding steroid dienone is 1. The zero-order valence-electron chi connectivity index (χ0n) is 13.6. The van der Waals surface area contributed by atoms with Crippen LogP contribution in [0.5, 0.6) is 0 Å². The zero-order chi connectivity index (χ0) is 17.1. The zero-order valence-corrected chi connectivity index (χ0v) is 14.4. The van der Waals surface area contributed by atoms with E-state index in [0.717, 1.165) is 16.9 Å². The van der Waals surface area contributed by atoms with Gasteiger partial charge in [-0.1, -0.05) is 48.0 Å². The number of aryl methyl sites for hydroxylation is 1. The van der Waals surface area contributed by atoms with Crippen LogP contribution >= 0.6 is 12.2 Å². The number of carbonyl (C=O) groups excluding carboxylic acids is 1. The van der Waals surface area contributed by atoms with Crippen molar-refractivity contribution in [2.45, 2.75) is 19.9 Å². The van der Waals surface area contributed by atoms with Crippen LogP contribution in [0.15, 0.2) is 65.9 Å². The summed E-state index contributed by atoms with van der Waals surface area (Å²) in [6, 6.07) is 17.2. The molecule has 1 aliphatic rings. The van der Waals surface area contributed by atoms with E-state index in [9.17, 15) is 4.79 Å². The lowest BCUT2D eigenvalue weighted by Crippen LogP contribution is -2.45. The second kappa shape index (κ2) is 6.84. The van der Waals surface area contributed by atoms with Crippen molar-refractivity contribution in [3.63, 3.8) is 0 Å². The normalized spacial score (nSPS) is 17.1. The second-order valence-corrected chi connectivity index (χ2v) is 6.21. The lowest BCUT2D eigenvalue weighted by Gasteiger charge is -2.30. The van der Waals surface area contributed by atoms with Crippen LogP contribution in [0.3, 0.4) is 0 Å². The van der Waals surface area contributed by atoms with Crippen molar-refractivity contribution in [2.24, 2.45) is 0 Å². The number of nitrogens with one attached hydrogen (secondary N) is 3. The summed E-state index contributed by atoms with van der Waals surface area (Å²) in [5.41, 5.74) is 4.33. The van der Waals surface area contributed by atoms with Crippen molar-refractivity contribution in [2.75, 3.05) is 5.32 Å². The summed E-state index contributed by atoms with van der Waals surface area (Å²) in [6.45, 7) is 3.91. The van der Waals surface area contributed by atoms with E-state index in [4.69, 9.17) is 12.2 Å². The monoisotopic (exact) mass is 337 g/mol. The topological polar surface area (TPSA) is 53.2 Å². The van der Waals surface area contributed by atoms with E-state index < -0.39 is 0 Å². The molecule has 3 N–H and O–H groups in total. The maximum Gasteiger partial charge on any atom is 0.255 e. The van der Waals surface area contributed by atoms with Gasteiger partial charge in [0.25, 0.3) is 5.91 Å². The first kappa shape index (κ1) is 16.2. The van der Waals surface area contributed by atoms with Gasteiger partial charge in [-0.25, -0.2) is 0 Å². The summed E-state index contributed by atoms with van der Waals surface area (Å²) in [4.78, 5) is 12.8. The molecule has 5 heteroatoms. The van der Waals surface area contributed by atoms with Crippen LogP contribution < -0.4 is 16.0 Å². The summed E-state index contributed by atoms with van der Waals surface area (Å²) in [5.74, 6) is -0.147. The Kier molecular flexibility index (Phi) is 4.62. The Bertz CT molecular complexity index is 797. The van der Waals surface area contributed by atoms with Gasteiger partial charge in [-0.05, 0) is 43.8 Å². The summed E-state index contributed by atoms with van der Waals surface area (Å²) in [5, 5.41) is 9.72. The van der Waals surface area contributed by atoms with Gasteiger partial charge in [0.2, 0.25) is 0 Å². The van der Waals surface area contributed by atoms with E-state index in [2.05, 4.69) is 16.0 Å². The van der Waals surface area contributed by atoms with Crippen molar-refractivity contribution in [1.29, 1.82) is 0 Å². The van der Waals surface area contributed by atoms with Gasteiger partial charge in [-0.3, -0.25) is 4.79 Å². The minimum absolute atomic E-state index is 0.147. The first-order valence-corrected chi connectivity index (χ1v) is 8.16. The number of carbonyl (C=O) groups is 1. The highest BCUT2D eigenvalue weighted by molar-refractivity contribution is 7.80. The van der Waals surface area contributed by atoms with E-state index in [0.29, 0.717) is 10.7 Å². The largest absolute Gasteiger partial charge is 0.351 e. The summed E-state index contributed by atoms with van der Waals surface area (Å²) < 4.78 is 0. The van der Waals surface area contributed by atoms with Gasteiger partial charge in [-0.2, -0.15) is 0 Å². The fourth-order valence-electron chi connectivity index (χ4n) is 2.72. The van der Waals surface area contributed by atoms with E-state index in [1.54, 1.807) is 0 Å². The highest BCUT2D eigenvalue weighted by Crippen LogP contribution is 2.28. The highest BCUT2D eigenvalue weighted by atomic mass is 32.1. The van der Waals surface area contributed by atoms with E-state index in [1.165, 1.54) is 5.56 Å². The van der Waals surface area contributed by atoms with Gasteiger partial charge >= 0.3 is 0 Å². The van der Waals surface area contributed by atoms with E-state index >= 15 is 0 Å². The molecular formula is C19H19N3OS. The number of rotatable bonds is 3. The molecule has 4 nitrogen and oxygen atoms in total. The molecule has 0 radical (unpaired) electrons. The average molecular weight is 337 g/mol. The Morgan fingerprint density at radius 2 is 1.71 bits per heavy atom. The molecule has 24 heavy (non-hydrogen) atoms. The smallest absolute Gasteiger partial charge is 0.255 e. The highest BCUT2D eigenvalue weighted by Gasteiger charge is 2.29. The molecule has 0 spiro atoms. The molecule has 0 bridgehead atoms. The minimum Gasteiger partial charge on any atom is -0.351 e. The first-order valence-electron chi connectivity index (χ1n) is 7.76. The quantitative estimate of drug-likeness (QED) is 0.751. The number of hydrogen-bond donors (Lipinski definition) is 3. The van der Waals surface area contributed by atoms with Crippen molar-refractivity contribution in [3.8, 4) is 0 Å². The number of anilines is 1. The van der Waals surface area contributed by atoms with Crippen LogP contribution in [0.25, 0.3) is 0 Å². The van der Waals surface area contributed by atoms with Crippen molar-refractivity contribution in [1.82, 2.24) is 10.6 Å². The Labute approximate surface area is 147 Å². The molecule has 0 aliphatic carbocycles. The van der Waals surface area contributed by atoms with Crippen molar-refractivity contribution in [3.05, 3.63) is 77.0 Å². The molecule has 2 aromatic carbocycles. The number of amides is 1. The predicted molar refractivity (Wildman–Crippen MR) is 101 cm³/mol. The van der Waals surface area contributed by atoms with Crippen LogP contribution in [-0.4, -0.2) is 11.0 Å². The van der Waals surface area contributed by atoms with Gasteiger partial charge in [0.1, 0.15) is 0 Å². The third-order valence-corrected chi connectivity index (χ3v) is 4.18. The fourth-order valence-corrected chi connectivity index (χ4v) is 2.99. The second-order valence-electron chi connectivity index (χ2n) is 5.80. The Morgan fingerprint density at radius 3 is 2.38 bits per heavy atom. The maximum absolute atomic E-state index is 12.8. The molecule has 1 atom stereocenters. The Morgan fingerprint density at radius 1 is 1.04 bits per heavy atom. The third-order valence-electron chi connectivity index (χ3n) is 3.96. The van der Waals surface area contributed by atoms with E-state index in [-0.39, 0.29) is 11.9 Å². The van der Waals surface area contributed by atoms with Gasteiger partial charge in [-0.15, -0.1) is 0 Å². The van der Waals surface area contributed by atoms with Crippen LogP contribution in [0, 0.1) is 6.92 Å². The van der Waals surface area contributed by atoms with Gasteiger partial charge in [0, 0.05) is 11.4 Å². The molecule has 0 unspecified atom stereocenters. The van der Waals surface area contributed by atoms with Gasteiger partial charge in [0.15, 0.2) is 5.11 Å². The van der Waals surface area contributed by atoms with Crippen LogP contribution in [0.4, 0.5) is 5.69 Å². The molecule has 0 saturated carbocycles. The summed E-state index contributed by atoms with van der Waals surface area (Å²) in [7, 11) is 0. The number of hydrogen-bond acceptors (Lipinski definition) is 2. The lowest BCUT2D eigenvalue weighted by atomic mass is 9.94. The molecule has 2 aromatic rings. The predicted octanol–water partition coefficient (Wildman–Crippen LogP) is 3.43. The van der Waals surface area contributed by atoms with Crippen LogP contribution in [0.1, 0.15) is 24.1 Å². The molecule has 1 aliphatic heterocycles. The average Bonchev–Trinajstić information content (AvgIpc) is 2.55. The minimum atomic E-state index is -0.275. The SMILES string of the molecule is CC1=C(C(=O)Nc2ccccc2)[C@@H](c2ccc(C)cc2)NC(=S)N1. The summed E-state index contributed by atoms with van der Waals surface area (Å²) in [6.07, 6.45) is 0. The maximum atomic E-state index is 12.8. The number of benzene rings is 2. The first-order chi connectivity index (χ1) is 11.5. The van der Waals surface area contributed by atoms with Crippen LogP contribution in [-0.2, 0) is 4.79 Å². The molecule has 0 aromatic heterocycles. The van der Waals surface area contributed by atoms with Crippen molar-refractivity contribution >= 4 is 28.9 Å². The molecule has 1 heterocycles. The van der Waals surface area contributed by atoms with Crippen LogP contribution in [0.2, 0.25) is 0 Å². The van der Waals surface area contributed by atoms with Gasteiger partial charge in [0.05, 0.1) is 11.6 Å². The molecular weight excluding hydrogens is 318 g/mol. The molecule has 1 amide bonds. The fraction of sp³-hybridized carbons (Fsp3) is 0.158. The third kappa shape index (κ3) is 3.46. The lowest BCUT2D eigenvalue weighted by molar-refractivity contribution is -0.113. The van der Waals surface area contributed by atoms with E-state index in [1.807, 2.05) is 68.4 Å². The summed E-state index contributed by atoms with van der Waals surface area (Å²) >= 11 is 5.27. The standard InChI is InChI=1S/C19H19N3OS/c1-12-8-10-14(11-9-12)17-16(13(2)20-19(24)22-17)18(23)21-15-6-4-3-5-7-15/h3-11,17H,1-2H3,(H,21,23)(H2,20,22,24)/t17-/m1/s1. The molecule has 0 saturated heterocycles. The Balaban J connectivity index is 1.94. The van der Waals surface area contributed by atoms with Gasteiger partial charge < -0.3 is 16.0 Å². The van der Waals surface area contributed by atoms with Crippen molar-refractivity contribution < 1.29 is 4.79 Å². The molecule has 122 valence electrons. The molecule has 3 rings (SSSR count). The molecule has 0 fully saturated rings. The Hall–Kier alpha value is -2.66. The number of para-hydroxylation sites is 1.